The van der Waals surface area contributed by atoms with Crippen LogP contribution in [0, 0.1) is 6.92 Å². The molecular weight excluding hydrogens is 335 g/mol. The standard InChI is InChI=1S/C13H15ClF3N5O/c1-6-10-11(21-20-6)18-13(14)19-12(10)23-8-2-3-22(4-7(8)15)5-9(16)17/h7-9H,2-5H2,1H3,(H,18,19,20,21)/t7-,8+/m0/s1. The highest BCUT2D eigenvalue weighted by molar-refractivity contribution is 6.28. The van der Waals surface area contributed by atoms with Crippen molar-refractivity contribution >= 4 is 22.6 Å². The molecule has 0 unspecified atom stereocenters. The van der Waals surface area contributed by atoms with Gasteiger partial charge < -0.3 is 4.74 Å². The van der Waals surface area contributed by atoms with E-state index in [0.29, 0.717) is 23.3 Å². The number of alkyl halides is 3. The molecule has 2 atom stereocenters. The molecule has 2 aromatic heterocycles. The van der Waals surface area contributed by atoms with E-state index in [-0.39, 0.29) is 24.1 Å². The topological polar surface area (TPSA) is 66.9 Å². The van der Waals surface area contributed by atoms with Gasteiger partial charge in [-0.05, 0) is 18.5 Å². The second kappa shape index (κ2) is 6.48. The number of hydrogen-bond donors (Lipinski definition) is 1. The molecule has 0 bridgehead atoms. The van der Waals surface area contributed by atoms with Gasteiger partial charge in [-0.1, -0.05) is 0 Å². The second-order valence-corrected chi connectivity index (χ2v) is 5.79. The van der Waals surface area contributed by atoms with Crippen molar-refractivity contribution in [1.29, 1.82) is 0 Å². The first kappa shape index (κ1) is 16.3. The van der Waals surface area contributed by atoms with Gasteiger partial charge in [0.1, 0.15) is 17.7 Å². The van der Waals surface area contributed by atoms with Gasteiger partial charge in [-0.3, -0.25) is 10.00 Å². The summed E-state index contributed by atoms with van der Waals surface area (Å²) in [7, 11) is 0. The van der Waals surface area contributed by atoms with Crippen LogP contribution >= 0.6 is 11.6 Å². The van der Waals surface area contributed by atoms with Crippen molar-refractivity contribution in [3.63, 3.8) is 0 Å². The maximum Gasteiger partial charge on any atom is 0.251 e. The first-order valence-corrected chi connectivity index (χ1v) is 7.51. The van der Waals surface area contributed by atoms with Crippen LogP contribution in [-0.4, -0.2) is 63.4 Å². The number of likely N-dealkylation sites (tertiary alicyclic amines) is 1. The lowest BCUT2D eigenvalue weighted by Gasteiger charge is -2.34. The minimum Gasteiger partial charge on any atom is -0.471 e. The van der Waals surface area contributed by atoms with Crippen molar-refractivity contribution in [2.45, 2.75) is 32.0 Å². The van der Waals surface area contributed by atoms with E-state index in [1.54, 1.807) is 6.92 Å². The van der Waals surface area contributed by atoms with Gasteiger partial charge in [-0.15, -0.1) is 0 Å². The lowest BCUT2D eigenvalue weighted by atomic mass is 10.1. The first-order chi connectivity index (χ1) is 10.9. The van der Waals surface area contributed by atoms with Crippen LogP contribution in [0.5, 0.6) is 5.88 Å². The Morgan fingerprint density at radius 2 is 2.22 bits per heavy atom. The number of halogens is 4. The summed E-state index contributed by atoms with van der Waals surface area (Å²) < 4.78 is 44.7. The van der Waals surface area contributed by atoms with Gasteiger partial charge in [0.15, 0.2) is 5.65 Å². The quantitative estimate of drug-likeness (QED) is 0.858. The van der Waals surface area contributed by atoms with Crippen LogP contribution in [0.3, 0.4) is 0 Å². The second-order valence-electron chi connectivity index (χ2n) is 5.46. The number of rotatable bonds is 4. The third-order valence-electron chi connectivity index (χ3n) is 3.76. The average Bonchev–Trinajstić information content (AvgIpc) is 2.82. The molecule has 0 spiro atoms. The highest BCUT2D eigenvalue weighted by Crippen LogP contribution is 2.28. The predicted octanol–water partition coefficient (Wildman–Crippen LogP) is 2.37. The Morgan fingerprint density at radius 3 is 2.91 bits per heavy atom. The minimum absolute atomic E-state index is 0.0513. The van der Waals surface area contributed by atoms with E-state index in [1.807, 2.05) is 0 Å². The van der Waals surface area contributed by atoms with Crippen LogP contribution in [0.15, 0.2) is 0 Å². The molecule has 0 amide bonds. The number of ether oxygens (including phenoxy) is 1. The summed E-state index contributed by atoms with van der Waals surface area (Å²) in [6.45, 7) is 1.57. The van der Waals surface area contributed by atoms with E-state index >= 15 is 0 Å². The molecule has 6 nitrogen and oxygen atoms in total. The van der Waals surface area contributed by atoms with E-state index in [4.69, 9.17) is 16.3 Å². The molecular formula is C13H15ClF3N5O. The Bertz CT molecular complexity index is 698. The molecule has 0 aliphatic carbocycles. The van der Waals surface area contributed by atoms with Gasteiger partial charge in [0.05, 0.1) is 6.54 Å². The molecule has 126 valence electrons. The minimum atomic E-state index is -2.48. The molecule has 1 fully saturated rings. The highest BCUT2D eigenvalue weighted by Gasteiger charge is 2.33. The number of piperidine rings is 1. The number of aromatic nitrogens is 4. The van der Waals surface area contributed by atoms with Gasteiger partial charge in [0.25, 0.3) is 6.43 Å². The number of aryl methyl sites for hydroxylation is 1. The number of fused-ring (bicyclic) bond motifs is 1. The highest BCUT2D eigenvalue weighted by atomic mass is 35.5. The van der Waals surface area contributed by atoms with Crippen LogP contribution in [0.1, 0.15) is 12.1 Å². The molecule has 3 rings (SSSR count). The fourth-order valence-electron chi connectivity index (χ4n) is 2.67. The molecule has 1 N–H and O–H groups in total. The Labute approximate surface area is 135 Å². The molecule has 3 heterocycles. The number of H-pyrrole nitrogens is 1. The van der Waals surface area contributed by atoms with Crippen LogP contribution in [0.4, 0.5) is 13.2 Å². The van der Waals surface area contributed by atoms with Crippen LogP contribution in [0.25, 0.3) is 11.0 Å². The van der Waals surface area contributed by atoms with Crippen LogP contribution < -0.4 is 4.74 Å². The molecule has 10 heteroatoms. The Hall–Kier alpha value is -1.61. The molecule has 0 saturated carbocycles. The maximum atomic E-state index is 14.2. The van der Waals surface area contributed by atoms with Crippen molar-refractivity contribution in [3.05, 3.63) is 11.0 Å². The molecule has 1 aliphatic rings. The molecule has 1 aliphatic heterocycles. The van der Waals surface area contributed by atoms with Crippen molar-refractivity contribution < 1.29 is 17.9 Å². The molecule has 0 aromatic carbocycles. The van der Waals surface area contributed by atoms with Crippen molar-refractivity contribution in [2.24, 2.45) is 0 Å². The number of aromatic amines is 1. The van der Waals surface area contributed by atoms with Gasteiger partial charge in [0.2, 0.25) is 11.2 Å². The third-order valence-corrected chi connectivity index (χ3v) is 3.93. The predicted molar refractivity (Wildman–Crippen MR) is 77.8 cm³/mol. The van der Waals surface area contributed by atoms with E-state index in [2.05, 4.69) is 20.2 Å². The molecule has 1 saturated heterocycles. The zero-order chi connectivity index (χ0) is 16.6. The fraction of sp³-hybridized carbons (Fsp3) is 0.615. The third kappa shape index (κ3) is 3.50. The van der Waals surface area contributed by atoms with Crippen LogP contribution in [0.2, 0.25) is 5.28 Å². The summed E-state index contributed by atoms with van der Waals surface area (Å²) in [6, 6.07) is 0. The van der Waals surface area contributed by atoms with E-state index < -0.39 is 25.2 Å². The summed E-state index contributed by atoms with van der Waals surface area (Å²) in [5, 5.41) is 7.20. The van der Waals surface area contributed by atoms with Gasteiger partial charge in [-0.25, -0.2) is 13.2 Å². The average molecular weight is 350 g/mol. The Kier molecular flexibility index (Phi) is 4.58. The fourth-order valence-corrected chi connectivity index (χ4v) is 2.83. The monoisotopic (exact) mass is 349 g/mol. The maximum absolute atomic E-state index is 14.2. The van der Waals surface area contributed by atoms with E-state index in [0.717, 1.165) is 0 Å². The van der Waals surface area contributed by atoms with Crippen LogP contribution in [-0.2, 0) is 0 Å². The van der Waals surface area contributed by atoms with E-state index in [9.17, 15) is 13.2 Å². The summed E-state index contributed by atoms with van der Waals surface area (Å²) in [4.78, 5) is 9.35. The van der Waals surface area contributed by atoms with Crippen molar-refractivity contribution in [3.8, 4) is 5.88 Å². The molecule has 0 radical (unpaired) electrons. The van der Waals surface area contributed by atoms with Crippen molar-refractivity contribution in [1.82, 2.24) is 25.1 Å². The molecule has 2 aromatic rings. The number of hydrogen-bond acceptors (Lipinski definition) is 5. The number of nitrogens with one attached hydrogen (secondary N) is 1. The largest absolute Gasteiger partial charge is 0.471 e. The zero-order valence-corrected chi connectivity index (χ0v) is 13.0. The smallest absolute Gasteiger partial charge is 0.251 e. The first-order valence-electron chi connectivity index (χ1n) is 7.13. The summed E-state index contributed by atoms with van der Waals surface area (Å²) in [5.74, 6) is 0.154. The Balaban J connectivity index is 1.76. The lowest BCUT2D eigenvalue weighted by Crippen LogP contribution is -2.48. The summed E-state index contributed by atoms with van der Waals surface area (Å²) in [6.07, 6.45) is -4.35. The van der Waals surface area contributed by atoms with Gasteiger partial charge in [0, 0.05) is 25.2 Å². The van der Waals surface area contributed by atoms with E-state index in [1.165, 1.54) is 4.90 Å². The Morgan fingerprint density at radius 1 is 1.43 bits per heavy atom. The summed E-state index contributed by atoms with van der Waals surface area (Å²) in [5.41, 5.74) is 1.01. The summed E-state index contributed by atoms with van der Waals surface area (Å²) >= 11 is 5.83. The molecule has 23 heavy (non-hydrogen) atoms. The lowest BCUT2D eigenvalue weighted by molar-refractivity contribution is -0.00252. The van der Waals surface area contributed by atoms with Gasteiger partial charge in [-0.2, -0.15) is 15.1 Å². The SMILES string of the molecule is Cc1[nH]nc2nc(Cl)nc(O[C@@H]3CCN(CC(F)F)C[C@@H]3F)c12. The van der Waals surface area contributed by atoms with Crippen molar-refractivity contribution in [2.75, 3.05) is 19.6 Å². The zero-order valence-electron chi connectivity index (χ0n) is 12.3. The van der Waals surface area contributed by atoms with Gasteiger partial charge >= 0.3 is 0 Å². The normalized spacial score (nSPS) is 22.9. The number of nitrogens with zero attached hydrogens (tertiary/aromatic N) is 4.